The van der Waals surface area contributed by atoms with Gasteiger partial charge in [0.1, 0.15) is 79.4 Å². The maximum absolute atomic E-state index is 10.7. The van der Waals surface area contributed by atoms with Gasteiger partial charge >= 0.3 is 0 Å². The highest BCUT2D eigenvalue weighted by molar-refractivity contribution is 4.97. The van der Waals surface area contributed by atoms with E-state index in [2.05, 4.69) is 0 Å². The van der Waals surface area contributed by atoms with Crippen LogP contribution in [-0.2, 0) is 33.2 Å². The number of ether oxygens (including phenoxy) is 7. The van der Waals surface area contributed by atoms with Gasteiger partial charge in [0.15, 0.2) is 25.2 Å². The molecule has 18 nitrogen and oxygen atoms in total. The predicted octanol–water partition coefficient (Wildman–Crippen LogP) is -7.83. The van der Waals surface area contributed by atoms with Crippen molar-refractivity contribution in [2.75, 3.05) is 26.4 Å². The first-order valence-electron chi connectivity index (χ1n) is 12.3. The molecule has 0 aromatic carbocycles. The molecule has 0 aliphatic carbocycles. The van der Waals surface area contributed by atoms with Crippen LogP contribution in [0.3, 0.4) is 0 Å². The smallest absolute Gasteiger partial charge is 0.187 e. The van der Waals surface area contributed by atoms with E-state index in [4.69, 9.17) is 38.3 Å². The monoisotopic (exact) mass is 576 g/mol. The number of hydrogen-bond acceptors (Lipinski definition) is 18. The lowest BCUT2D eigenvalue weighted by Crippen LogP contribution is -2.48. The Labute approximate surface area is 221 Å². The lowest BCUT2D eigenvalue weighted by atomic mass is 10.1. The van der Waals surface area contributed by atoms with E-state index in [9.17, 15) is 51.1 Å². The summed E-state index contributed by atoms with van der Waals surface area (Å²) in [6.07, 6.45) is -25.8. The van der Waals surface area contributed by atoms with Gasteiger partial charge in [0.2, 0.25) is 0 Å². The normalized spacial score (nSPS) is 51.2. The van der Waals surface area contributed by atoms with E-state index in [1.165, 1.54) is 0 Å². The molecule has 11 N–H and O–H groups in total. The Balaban J connectivity index is 1.49. The van der Waals surface area contributed by atoms with Crippen LogP contribution in [0.1, 0.15) is 0 Å². The topological polar surface area (TPSA) is 287 Å². The first-order chi connectivity index (χ1) is 18.6. The van der Waals surface area contributed by atoms with Crippen molar-refractivity contribution in [1.82, 2.24) is 0 Å². The summed E-state index contributed by atoms with van der Waals surface area (Å²) in [6.45, 7) is -2.84. The van der Waals surface area contributed by atoms with Gasteiger partial charge in [-0.2, -0.15) is 0 Å². The lowest BCUT2D eigenvalue weighted by Gasteiger charge is -2.31. The van der Waals surface area contributed by atoms with Crippen LogP contribution in [0.5, 0.6) is 0 Å². The van der Waals surface area contributed by atoms with Crippen LogP contribution < -0.4 is 0 Å². The van der Waals surface area contributed by atoms with E-state index in [0.717, 1.165) is 0 Å². The van der Waals surface area contributed by atoms with Gasteiger partial charge in [0.05, 0.1) is 26.4 Å². The number of hydrogen-bond donors (Lipinski definition) is 11. The summed E-state index contributed by atoms with van der Waals surface area (Å²) >= 11 is 0. The fraction of sp³-hybridized carbons (Fsp3) is 1.00. The van der Waals surface area contributed by atoms with Crippen LogP contribution in [0.15, 0.2) is 0 Å². The Kier molecular flexibility index (Phi) is 10.5. The summed E-state index contributed by atoms with van der Waals surface area (Å²) in [4.78, 5) is 0. The van der Waals surface area contributed by atoms with Gasteiger partial charge in [-0.3, -0.25) is 0 Å². The van der Waals surface area contributed by atoms with Gasteiger partial charge in [-0.05, 0) is 0 Å². The average Bonchev–Trinajstić information content (AvgIpc) is 3.59. The van der Waals surface area contributed by atoms with Crippen molar-refractivity contribution < 1.29 is 89.3 Å². The van der Waals surface area contributed by atoms with Crippen molar-refractivity contribution in [3.8, 4) is 0 Å². The molecule has 0 radical (unpaired) electrons. The Morgan fingerprint density at radius 1 is 0.513 bits per heavy atom. The molecule has 4 saturated heterocycles. The Morgan fingerprint density at radius 3 is 1.62 bits per heavy atom. The molecule has 4 heterocycles. The molecule has 0 unspecified atom stereocenters. The van der Waals surface area contributed by atoms with Crippen LogP contribution >= 0.6 is 0 Å². The first-order valence-corrected chi connectivity index (χ1v) is 12.3. The molecule has 4 aliphatic rings. The van der Waals surface area contributed by atoms with Crippen molar-refractivity contribution in [3.63, 3.8) is 0 Å². The van der Waals surface area contributed by atoms with Crippen molar-refractivity contribution >= 4 is 0 Å². The second kappa shape index (κ2) is 13.1. The van der Waals surface area contributed by atoms with Gasteiger partial charge in [0, 0.05) is 0 Å². The minimum Gasteiger partial charge on any atom is -0.394 e. The molecule has 4 aliphatic heterocycles. The Hall–Kier alpha value is -0.720. The standard InChI is InChI=1S/C21H36O18/c22-1-5(26)14-11(29)13(31)20(36-14)38-16-10(28)7(3-24)35-21(16)39-17-15(8(4-25)33-18(17)32)37-19-12(30)9(27)6(2-23)34-19/h5-32H,1-4H2/t5-,6+,7+,8+,9+,10+,11-,12-,13-,14+,15+,16-,17-,18-,19+,20+,21-/m1/s1. The van der Waals surface area contributed by atoms with Crippen LogP contribution in [0.4, 0.5) is 0 Å². The maximum Gasteiger partial charge on any atom is 0.187 e. The molecule has 18 heteroatoms. The zero-order valence-electron chi connectivity index (χ0n) is 20.4. The van der Waals surface area contributed by atoms with Gasteiger partial charge < -0.3 is 89.3 Å². The van der Waals surface area contributed by atoms with E-state index in [1.807, 2.05) is 0 Å². The highest BCUT2D eigenvalue weighted by atomic mass is 16.8. The van der Waals surface area contributed by atoms with E-state index in [1.54, 1.807) is 0 Å². The lowest BCUT2D eigenvalue weighted by molar-refractivity contribution is -0.283. The molecule has 0 saturated carbocycles. The molecule has 4 rings (SSSR count). The summed E-state index contributed by atoms with van der Waals surface area (Å²) in [5.41, 5.74) is 0. The van der Waals surface area contributed by atoms with Gasteiger partial charge in [0.25, 0.3) is 0 Å². The highest BCUT2D eigenvalue weighted by Crippen LogP contribution is 2.36. The average molecular weight is 577 g/mol. The number of aliphatic hydroxyl groups is 11. The van der Waals surface area contributed by atoms with Crippen molar-refractivity contribution in [2.45, 2.75) is 105 Å². The van der Waals surface area contributed by atoms with Gasteiger partial charge in [-0.15, -0.1) is 0 Å². The largest absolute Gasteiger partial charge is 0.394 e. The van der Waals surface area contributed by atoms with Crippen molar-refractivity contribution in [1.29, 1.82) is 0 Å². The van der Waals surface area contributed by atoms with Gasteiger partial charge in [-0.25, -0.2) is 0 Å². The molecule has 4 fully saturated rings. The van der Waals surface area contributed by atoms with Crippen LogP contribution in [0.2, 0.25) is 0 Å². The van der Waals surface area contributed by atoms with E-state index >= 15 is 0 Å². The molecule has 0 amide bonds. The molecule has 0 aromatic heterocycles. The second-order valence-corrected chi connectivity index (χ2v) is 9.67. The van der Waals surface area contributed by atoms with E-state index in [-0.39, 0.29) is 0 Å². The Morgan fingerprint density at radius 2 is 1.03 bits per heavy atom. The molecular weight excluding hydrogens is 540 g/mol. The molecule has 0 spiro atoms. The summed E-state index contributed by atoms with van der Waals surface area (Å²) in [7, 11) is 0. The third-order valence-corrected chi connectivity index (χ3v) is 7.14. The van der Waals surface area contributed by atoms with Gasteiger partial charge in [-0.1, -0.05) is 0 Å². The summed E-state index contributed by atoms with van der Waals surface area (Å²) < 4.78 is 38.3. The molecule has 0 bridgehead atoms. The number of rotatable bonds is 11. The first kappa shape index (κ1) is 31.2. The van der Waals surface area contributed by atoms with Crippen LogP contribution in [0.25, 0.3) is 0 Å². The SMILES string of the molecule is OC[C@@H](O)[C@@H]1O[C@@H](O[C@H]2[C@@H](O[C@@H]3[C@@H](O[C@@H]4O[C@@H](CO)[C@H](O)[C@H]4O)[C@H](CO)O[C@H]3O)O[C@@H](CO)[C@@H]2O)[C@H](O)[C@H]1O. The summed E-state index contributed by atoms with van der Waals surface area (Å²) in [5, 5.41) is 109. The van der Waals surface area contributed by atoms with E-state index < -0.39 is 131 Å². The third kappa shape index (κ3) is 6.09. The molecule has 39 heavy (non-hydrogen) atoms. The Bertz CT molecular complexity index is 777. The van der Waals surface area contributed by atoms with Crippen LogP contribution in [0, 0.1) is 0 Å². The van der Waals surface area contributed by atoms with E-state index in [0.29, 0.717) is 0 Å². The third-order valence-electron chi connectivity index (χ3n) is 7.14. The fourth-order valence-electron chi connectivity index (χ4n) is 4.92. The van der Waals surface area contributed by atoms with Crippen molar-refractivity contribution in [3.05, 3.63) is 0 Å². The zero-order valence-corrected chi connectivity index (χ0v) is 20.4. The fourth-order valence-corrected chi connectivity index (χ4v) is 4.92. The summed E-state index contributed by atoms with van der Waals surface area (Å²) in [6, 6.07) is 0. The maximum atomic E-state index is 10.7. The predicted molar refractivity (Wildman–Crippen MR) is 116 cm³/mol. The molecular formula is C21H36O18. The molecule has 228 valence electrons. The van der Waals surface area contributed by atoms with Crippen molar-refractivity contribution in [2.24, 2.45) is 0 Å². The van der Waals surface area contributed by atoms with Crippen LogP contribution in [-0.4, -0.2) is 187 Å². The quantitative estimate of drug-likeness (QED) is 0.109. The highest BCUT2D eigenvalue weighted by Gasteiger charge is 2.56. The molecule has 0 aromatic rings. The summed E-state index contributed by atoms with van der Waals surface area (Å²) in [5.74, 6) is 0. The molecule has 17 atom stereocenters. The number of aliphatic hydroxyl groups excluding tert-OH is 11. The minimum atomic E-state index is -1.77. The second-order valence-electron chi connectivity index (χ2n) is 9.67. The minimum absolute atomic E-state index is 0.638. The zero-order chi connectivity index (χ0) is 28.6.